The van der Waals surface area contributed by atoms with Gasteiger partial charge in [-0.2, -0.15) is 0 Å². The molecule has 27 heavy (non-hydrogen) atoms. The Balaban J connectivity index is 1.91. The van der Waals surface area contributed by atoms with E-state index in [1.54, 1.807) is 6.92 Å². The molecular formula is C16H21N3O7S. The lowest BCUT2D eigenvalue weighted by Crippen LogP contribution is -2.48. The minimum absolute atomic E-state index is 0.0935. The Bertz CT molecular complexity index is 838. The molecule has 1 atom stereocenters. The molecule has 2 rings (SSSR count). The van der Waals surface area contributed by atoms with Crippen LogP contribution in [0.25, 0.3) is 0 Å². The summed E-state index contributed by atoms with van der Waals surface area (Å²) in [6, 6.07) is 4.40. The summed E-state index contributed by atoms with van der Waals surface area (Å²) < 4.78 is 26.6. The standard InChI is InChI=1S/C16H21N3O7S/c1-16(15(21)22)8-2-10-18(11-16)14(20)7-9-17-27(25,26)13-5-3-12(4-6-13)19(23)24/h3-6,17H,2,7-11H2,1H3,(H,21,22). The van der Waals surface area contributed by atoms with Gasteiger partial charge in [0, 0.05) is 38.2 Å². The van der Waals surface area contributed by atoms with E-state index in [0.29, 0.717) is 19.4 Å². The first-order valence-corrected chi connectivity index (χ1v) is 9.79. The van der Waals surface area contributed by atoms with Gasteiger partial charge in [0.2, 0.25) is 15.9 Å². The minimum Gasteiger partial charge on any atom is -0.481 e. The number of sulfonamides is 1. The van der Waals surface area contributed by atoms with Gasteiger partial charge in [-0.15, -0.1) is 0 Å². The van der Waals surface area contributed by atoms with Crippen molar-refractivity contribution >= 4 is 27.6 Å². The predicted molar refractivity (Wildman–Crippen MR) is 94.5 cm³/mol. The molecule has 1 aromatic carbocycles. The largest absolute Gasteiger partial charge is 0.481 e. The Hall–Kier alpha value is -2.53. The molecule has 1 aromatic rings. The second-order valence-electron chi connectivity index (χ2n) is 6.68. The molecule has 1 aliphatic heterocycles. The van der Waals surface area contributed by atoms with Crippen LogP contribution in [0.3, 0.4) is 0 Å². The zero-order valence-corrected chi connectivity index (χ0v) is 15.6. The number of piperidine rings is 1. The van der Waals surface area contributed by atoms with E-state index < -0.39 is 26.3 Å². The molecule has 10 nitrogen and oxygen atoms in total. The van der Waals surface area contributed by atoms with Crippen molar-refractivity contribution in [2.75, 3.05) is 19.6 Å². The number of carbonyl (C=O) groups excluding carboxylic acids is 1. The minimum atomic E-state index is -3.90. The summed E-state index contributed by atoms with van der Waals surface area (Å²) in [5.74, 6) is -1.28. The molecule has 2 N–H and O–H groups in total. The van der Waals surface area contributed by atoms with Gasteiger partial charge in [0.05, 0.1) is 15.2 Å². The van der Waals surface area contributed by atoms with Gasteiger partial charge in [0.1, 0.15) is 0 Å². The molecule has 1 heterocycles. The van der Waals surface area contributed by atoms with Gasteiger partial charge in [-0.05, 0) is 31.9 Å². The number of nitro groups is 1. The second kappa shape index (κ2) is 8.01. The Morgan fingerprint density at radius 3 is 2.52 bits per heavy atom. The highest BCUT2D eigenvalue weighted by atomic mass is 32.2. The van der Waals surface area contributed by atoms with Crippen LogP contribution in [0.5, 0.6) is 0 Å². The first-order valence-electron chi connectivity index (χ1n) is 8.30. The van der Waals surface area contributed by atoms with Gasteiger partial charge >= 0.3 is 5.97 Å². The third-order valence-electron chi connectivity index (χ3n) is 4.55. The van der Waals surface area contributed by atoms with E-state index in [1.165, 1.54) is 4.90 Å². The van der Waals surface area contributed by atoms with E-state index in [4.69, 9.17) is 0 Å². The predicted octanol–water partition coefficient (Wildman–Crippen LogP) is 0.976. The fraction of sp³-hybridized carbons (Fsp3) is 0.500. The van der Waals surface area contributed by atoms with E-state index >= 15 is 0 Å². The maximum atomic E-state index is 12.3. The van der Waals surface area contributed by atoms with Crippen LogP contribution in [-0.4, -0.2) is 54.9 Å². The third-order valence-corrected chi connectivity index (χ3v) is 6.03. The van der Waals surface area contributed by atoms with Crippen LogP contribution in [0.4, 0.5) is 5.69 Å². The van der Waals surface area contributed by atoms with Crippen LogP contribution in [-0.2, 0) is 19.6 Å². The average molecular weight is 399 g/mol. The highest BCUT2D eigenvalue weighted by Gasteiger charge is 2.39. The molecule has 148 valence electrons. The van der Waals surface area contributed by atoms with Crippen molar-refractivity contribution in [2.24, 2.45) is 5.41 Å². The number of aliphatic carboxylic acids is 1. The van der Waals surface area contributed by atoms with Gasteiger partial charge in [0.25, 0.3) is 5.69 Å². The number of carboxylic acids is 1. The number of carbonyl (C=O) groups is 2. The van der Waals surface area contributed by atoms with Gasteiger partial charge in [-0.3, -0.25) is 19.7 Å². The molecule has 1 saturated heterocycles. The zero-order chi connectivity index (χ0) is 20.2. The van der Waals surface area contributed by atoms with Crippen LogP contribution in [0.1, 0.15) is 26.2 Å². The lowest BCUT2D eigenvalue weighted by atomic mass is 9.82. The van der Waals surface area contributed by atoms with Gasteiger partial charge in [-0.1, -0.05) is 0 Å². The maximum Gasteiger partial charge on any atom is 0.311 e. The fourth-order valence-electron chi connectivity index (χ4n) is 2.91. The van der Waals surface area contributed by atoms with Crippen molar-refractivity contribution in [3.8, 4) is 0 Å². The molecule has 1 amide bonds. The van der Waals surface area contributed by atoms with Crippen molar-refractivity contribution in [3.05, 3.63) is 34.4 Å². The molecular weight excluding hydrogens is 378 g/mol. The van der Waals surface area contributed by atoms with Crippen LogP contribution in [0.15, 0.2) is 29.2 Å². The van der Waals surface area contributed by atoms with Crippen LogP contribution < -0.4 is 4.72 Å². The van der Waals surface area contributed by atoms with E-state index in [0.717, 1.165) is 24.3 Å². The highest BCUT2D eigenvalue weighted by molar-refractivity contribution is 7.89. The Kier molecular flexibility index (Phi) is 6.16. The summed E-state index contributed by atoms with van der Waals surface area (Å²) >= 11 is 0. The Morgan fingerprint density at radius 2 is 1.96 bits per heavy atom. The summed E-state index contributed by atoms with van der Waals surface area (Å²) in [6.45, 7) is 1.97. The third kappa shape index (κ3) is 5.01. The van der Waals surface area contributed by atoms with Gasteiger partial charge in [0.15, 0.2) is 0 Å². The van der Waals surface area contributed by atoms with Crippen LogP contribution >= 0.6 is 0 Å². The van der Waals surface area contributed by atoms with Crippen LogP contribution in [0.2, 0.25) is 0 Å². The van der Waals surface area contributed by atoms with E-state index in [1.807, 2.05) is 0 Å². The number of nitrogens with one attached hydrogen (secondary N) is 1. The highest BCUT2D eigenvalue weighted by Crippen LogP contribution is 2.29. The van der Waals surface area contributed by atoms with E-state index in [-0.39, 0.29) is 36.0 Å². The summed E-state index contributed by atoms with van der Waals surface area (Å²) in [5.41, 5.74) is -1.22. The van der Waals surface area contributed by atoms with Crippen molar-refractivity contribution < 1.29 is 28.0 Å². The molecule has 11 heteroatoms. The van der Waals surface area contributed by atoms with Crippen molar-refractivity contribution in [1.29, 1.82) is 0 Å². The van der Waals surface area contributed by atoms with E-state index in [9.17, 15) is 33.2 Å². The number of nitro benzene ring substituents is 1. The molecule has 1 unspecified atom stereocenters. The second-order valence-corrected chi connectivity index (χ2v) is 8.45. The number of benzene rings is 1. The van der Waals surface area contributed by atoms with E-state index in [2.05, 4.69) is 4.72 Å². The molecule has 1 fully saturated rings. The molecule has 0 bridgehead atoms. The first kappa shape index (κ1) is 20.8. The van der Waals surface area contributed by atoms with Gasteiger partial charge in [-0.25, -0.2) is 13.1 Å². The molecule has 0 spiro atoms. The lowest BCUT2D eigenvalue weighted by Gasteiger charge is -2.37. The Morgan fingerprint density at radius 1 is 1.33 bits per heavy atom. The first-order chi connectivity index (χ1) is 12.5. The van der Waals surface area contributed by atoms with Crippen molar-refractivity contribution in [3.63, 3.8) is 0 Å². The van der Waals surface area contributed by atoms with Gasteiger partial charge < -0.3 is 10.0 Å². The number of rotatable bonds is 7. The number of hydrogen-bond acceptors (Lipinski definition) is 6. The molecule has 0 aliphatic carbocycles. The van der Waals surface area contributed by atoms with Crippen molar-refractivity contribution in [2.45, 2.75) is 31.1 Å². The smallest absolute Gasteiger partial charge is 0.311 e. The normalized spacial score (nSPS) is 20.3. The summed E-state index contributed by atoms with van der Waals surface area (Å²) in [6.07, 6.45) is 0.948. The zero-order valence-electron chi connectivity index (χ0n) is 14.8. The Labute approximate surface area is 156 Å². The SMILES string of the molecule is CC1(C(=O)O)CCCN(C(=O)CCNS(=O)(=O)c2ccc([N+](=O)[O-])cc2)C1. The number of amides is 1. The maximum absolute atomic E-state index is 12.3. The molecule has 0 radical (unpaired) electrons. The number of nitrogens with zero attached hydrogens (tertiary/aromatic N) is 2. The number of likely N-dealkylation sites (tertiary alicyclic amines) is 1. The number of carboxylic acid groups (broad SMARTS) is 1. The lowest BCUT2D eigenvalue weighted by molar-refractivity contribution is -0.384. The summed E-state index contributed by atoms with van der Waals surface area (Å²) in [4.78, 5) is 34.9. The number of hydrogen-bond donors (Lipinski definition) is 2. The summed E-state index contributed by atoms with van der Waals surface area (Å²) in [7, 11) is -3.90. The average Bonchev–Trinajstić information content (AvgIpc) is 2.61. The molecule has 0 aromatic heterocycles. The topological polar surface area (TPSA) is 147 Å². The monoisotopic (exact) mass is 399 g/mol. The number of non-ortho nitro benzene ring substituents is 1. The van der Waals surface area contributed by atoms with Crippen LogP contribution in [0, 0.1) is 15.5 Å². The fourth-order valence-corrected chi connectivity index (χ4v) is 3.94. The summed E-state index contributed by atoms with van der Waals surface area (Å²) in [5, 5.41) is 19.9. The van der Waals surface area contributed by atoms with Crippen molar-refractivity contribution in [1.82, 2.24) is 9.62 Å². The quantitative estimate of drug-likeness (QED) is 0.513. The molecule has 1 aliphatic rings. The molecule has 0 saturated carbocycles.